The molecule has 0 saturated heterocycles. The van der Waals surface area contributed by atoms with Crippen molar-refractivity contribution in [1.29, 1.82) is 0 Å². The van der Waals surface area contributed by atoms with Gasteiger partial charge in [0.05, 0.1) is 17.7 Å². The number of ether oxygens (including phenoxy) is 1. The van der Waals surface area contributed by atoms with Gasteiger partial charge in [0.1, 0.15) is 5.75 Å². The Morgan fingerprint density at radius 3 is 2.13 bits per heavy atom. The van der Waals surface area contributed by atoms with Crippen LogP contribution in [0.25, 0.3) is 0 Å². The molecule has 0 saturated carbocycles. The highest BCUT2D eigenvalue weighted by atomic mass is 16.5. The lowest BCUT2D eigenvalue weighted by molar-refractivity contribution is -0.121. The molecule has 0 aromatic heterocycles. The third-order valence-electron chi connectivity index (χ3n) is 4.82. The van der Waals surface area contributed by atoms with Crippen LogP contribution >= 0.6 is 0 Å². The van der Waals surface area contributed by atoms with Gasteiger partial charge in [-0.2, -0.15) is 0 Å². The molecule has 0 bridgehead atoms. The molecule has 2 N–H and O–H groups in total. The smallest absolute Gasteiger partial charge is 0.261 e. The molecule has 8 nitrogen and oxygen atoms in total. The number of carbonyl (C=O) groups excluding carboxylic acids is 4. The number of rotatable bonds is 10. The van der Waals surface area contributed by atoms with Crippen molar-refractivity contribution in [3.63, 3.8) is 0 Å². The molecular formula is C23H25N3O5. The Morgan fingerprint density at radius 1 is 0.903 bits per heavy atom. The summed E-state index contributed by atoms with van der Waals surface area (Å²) in [4.78, 5) is 49.8. The Balaban J connectivity index is 1.32. The second kappa shape index (κ2) is 10.4. The average molecular weight is 423 g/mol. The number of carbonyl (C=O) groups is 4. The predicted molar refractivity (Wildman–Crippen MR) is 114 cm³/mol. The highest BCUT2D eigenvalue weighted by molar-refractivity contribution is 6.21. The van der Waals surface area contributed by atoms with Crippen molar-refractivity contribution < 1.29 is 23.9 Å². The van der Waals surface area contributed by atoms with E-state index in [-0.39, 0.29) is 49.7 Å². The first kappa shape index (κ1) is 22.0. The summed E-state index contributed by atoms with van der Waals surface area (Å²) in [5.41, 5.74) is 1.32. The summed E-state index contributed by atoms with van der Waals surface area (Å²) in [6, 6.07) is 13.5. The van der Waals surface area contributed by atoms with Crippen molar-refractivity contribution >= 4 is 23.6 Å². The van der Waals surface area contributed by atoms with Crippen LogP contribution in [-0.2, 0) is 4.79 Å². The fraction of sp³-hybridized carbons (Fsp3) is 0.304. The number of benzene rings is 2. The number of fused-ring (bicyclic) bond motifs is 1. The minimum Gasteiger partial charge on any atom is -0.494 e. The largest absolute Gasteiger partial charge is 0.494 e. The molecule has 162 valence electrons. The van der Waals surface area contributed by atoms with Crippen LogP contribution in [0.4, 0.5) is 0 Å². The first-order valence-corrected chi connectivity index (χ1v) is 10.2. The molecule has 0 atom stereocenters. The van der Waals surface area contributed by atoms with Crippen molar-refractivity contribution in [2.24, 2.45) is 0 Å². The summed E-state index contributed by atoms with van der Waals surface area (Å²) in [5, 5.41) is 5.45. The van der Waals surface area contributed by atoms with Crippen molar-refractivity contribution in [2.75, 3.05) is 26.2 Å². The van der Waals surface area contributed by atoms with Crippen molar-refractivity contribution in [2.45, 2.75) is 19.8 Å². The van der Waals surface area contributed by atoms with E-state index < -0.39 is 0 Å². The molecule has 2 aromatic carbocycles. The first-order chi connectivity index (χ1) is 15.0. The molecule has 0 unspecified atom stereocenters. The third kappa shape index (κ3) is 5.48. The van der Waals surface area contributed by atoms with Gasteiger partial charge in [0.25, 0.3) is 17.7 Å². The molecule has 4 amide bonds. The normalized spacial score (nSPS) is 12.5. The summed E-state index contributed by atoms with van der Waals surface area (Å²) in [6.45, 7) is 3.21. The highest BCUT2D eigenvalue weighted by Crippen LogP contribution is 2.22. The quantitative estimate of drug-likeness (QED) is 0.449. The topological polar surface area (TPSA) is 105 Å². The molecule has 3 rings (SSSR count). The molecule has 2 aromatic rings. The van der Waals surface area contributed by atoms with E-state index in [1.54, 1.807) is 48.5 Å². The molecule has 0 fully saturated rings. The first-order valence-electron chi connectivity index (χ1n) is 10.2. The van der Waals surface area contributed by atoms with E-state index in [4.69, 9.17) is 4.74 Å². The van der Waals surface area contributed by atoms with Crippen LogP contribution in [0.3, 0.4) is 0 Å². The van der Waals surface area contributed by atoms with Gasteiger partial charge in [-0.1, -0.05) is 12.1 Å². The molecule has 0 aliphatic carbocycles. The lowest BCUT2D eigenvalue weighted by Gasteiger charge is -2.13. The van der Waals surface area contributed by atoms with Gasteiger partial charge in [-0.15, -0.1) is 0 Å². The number of imide groups is 1. The maximum atomic E-state index is 12.3. The fourth-order valence-electron chi connectivity index (χ4n) is 3.28. The van der Waals surface area contributed by atoms with Crippen LogP contribution in [0, 0.1) is 0 Å². The molecule has 0 spiro atoms. The van der Waals surface area contributed by atoms with Gasteiger partial charge >= 0.3 is 0 Å². The zero-order chi connectivity index (χ0) is 22.2. The summed E-state index contributed by atoms with van der Waals surface area (Å²) in [5.74, 6) is -0.376. The number of nitrogens with zero attached hydrogens (tertiary/aromatic N) is 1. The minimum atomic E-state index is -0.321. The van der Waals surface area contributed by atoms with Crippen molar-refractivity contribution in [3.8, 4) is 5.75 Å². The summed E-state index contributed by atoms with van der Waals surface area (Å²) in [6.07, 6.45) is 0.552. The van der Waals surface area contributed by atoms with E-state index in [1.807, 2.05) is 6.92 Å². The summed E-state index contributed by atoms with van der Waals surface area (Å²) >= 11 is 0. The molecule has 1 heterocycles. The van der Waals surface area contributed by atoms with Gasteiger partial charge in [0.15, 0.2) is 0 Å². The van der Waals surface area contributed by atoms with Crippen LogP contribution in [0.2, 0.25) is 0 Å². The molecule has 1 aliphatic rings. The average Bonchev–Trinajstić information content (AvgIpc) is 3.02. The molecule has 1 aliphatic heterocycles. The Kier molecular flexibility index (Phi) is 7.37. The monoisotopic (exact) mass is 423 g/mol. The minimum absolute atomic E-state index is 0.181. The van der Waals surface area contributed by atoms with E-state index in [0.717, 1.165) is 0 Å². The second-order valence-electron chi connectivity index (χ2n) is 6.97. The van der Waals surface area contributed by atoms with Crippen LogP contribution in [-0.4, -0.2) is 54.8 Å². The predicted octanol–water partition coefficient (Wildman–Crippen LogP) is 2.01. The molecule has 0 radical (unpaired) electrons. The fourth-order valence-corrected chi connectivity index (χ4v) is 3.28. The number of hydrogen-bond donors (Lipinski definition) is 2. The third-order valence-corrected chi connectivity index (χ3v) is 4.82. The summed E-state index contributed by atoms with van der Waals surface area (Å²) in [7, 11) is 0. The van der Waals surface area contributed by atoms with Crippen molar-refractivity contribution in [1.82, 2.24) is 15.5 Å². The zero-order valence-corrected chi connectivity index (χ0v) is 17.3. The second-order valence-corrected chi connectivity index (χ2v) is 6.97. The van der Waals surface area contributed by atoms with E-state index in [2.05, 4.69) is 10.6 Å². The maximum absolute atomic E-state index is 12.3. The highest BCUT2D eigenvalue weighted by Gasteiger charge is 2.34. The van der Waals surface area contributed by atoms with Crippen LogP contribution in [0.15, 0.2) is 48.5 Å². The van der Waals surface area contributed by atoms with Gasteiger partial charge in [0, 0.05) is 31.6 Å². The number of amides is 4. The van der Waals surface area contributed by atoms with Gasteiger partial charge in [-0.05, 0) is 49.7 Å². The van der Waals surface area contributed by atoms with Gasteiger partial charge < -0.3 is 15.4 Å². The Labute approximate surface area is 180 Å². The standard InChI is InChI=1S/C23H25N3O5/c1-2-31-17-11-9-16(10-12-17)21(28)25-14-13-24-20(27)8-5-15-26-22(29)18-6-3-4-7-19(18)23(26)30/h3-4,6-7,9-12H,2,5,8,13-15H2,1H3,(H,24,27)(H,25,28). The SMILES string of the molecule is CCOc1ccc(C(=O)NCCNC(=O)CCCN2C(=O)c3ccccc3C2=O)cc1. The maximum Gasteiger partial charge on any atom is 0.261 e. The Hall–Kier alpha value is -3.68. The van der Waals surface area contributed by atoms with E-state index in [9.17, 15) is 19.2 Å². The van der Waals surface area contributed by atoms with Crippen LogP contribution in [0.5, 0.6) is 5.75 Å². The molecule has 31 heavy (non-hydrogen) atoms. The van der Waals surface area contributed by atoms with Crippen LogP contribution < -0.4 is 15.4 Å². The number of hydrogen-bond acceptors (Lipinski definition) is 5. The number of nitrogens with one attached hydrogen (secondary N) is 2. The zero-order valence-electron chi connectivity index (χ0n) is 17.3. The lowest BCUT2D eigenvalue weighted by atomic mass is 10.1. The molecular weight excluding hydrogens is 398 g/mol. The van der Waals surface area contributed by atoms with Gasteiger partial charge in [-0.25, -0.2) is 0 Å². The summed E-state index contributed by atoms with van der Waals surface area (Å²) < 4.78 is 5.34. The van der Waals surface area contributed by atoms with E-state index in [1.165, 1.54) is 4.90 Å². The Bertz CT molecular complexity index is 936. The van der Waals surface area contributed by atoms with E-state index >= 15 is 0 Å². The molecule has 8 heteroatoms. The van der Waals surface area contributed by atoms with Crippen LogP contribution in [0.1, 0.15) is 50.8 Å². The Morgan fingerprint density at radius 2 is 1.52 bits per heavy atom. The van der Waals surface area contributed by atoms with E-state index in [0.29, 0.717) is 35.5 Å². The van der Waals surface area contributed by atoms with Crippen molar-refractivity contribution in [3.05, 3.63) is 65.2 Å². The van der Waals surface area contributed by atoms with Gasteiger partial charge in [-0.3, -0.25) is 24.1 Å². The van der Waals surface area contributed by atoms with Gasteiger partial charge in [0.2, 0.25) is 5.91 Å². The lowest BCUT2D eigenvalue weighted by Crippen LogP contribution is -2.35.